The third-order valence-corrected chi connectivity index (χ3v) is 5.46. The van der Waals surface area contributed by atoms with Crippen molar-refractivity contribution in [3.05, 3.63) is 0 Å². The molecule has 0 aliphatic rings. The zero-order valence-electron chi connectivity index (χ0n) is 10.1. The lowest BCUT2D eigenvalue weighted by atomic mass is 10.3. The van der Waals surface area contributed by atoms with Crippen molar-refractivity contribution in [3.8, 4) is 0 Å². The van der Waals surface area contributed by atoms with Crippen LogP contribution in [0.5, 0.6) is 0 Å². The summed E-state index contributed by atoms with van der Waals surface area (Å²) in [4.78, 5) is 10.7. The van der Waals surface area contributed by atoms with Crippen LogP contribution >= 0.6 is 0 Å². The highest BCUT2D eigenvalue weighted by molar-refractivity contribution is 6.54. The Morgan fingerprint density at radius 1 is 1.12 bits per heavy atom. The lowest BCUT2D eigenvalue weighted by molar-refractivity contribution is -0.190. The minimum absolute atomic E-state index is 0.261. The SMILES string of the molecule is CC(C)[CH2][Al]([CH2]C(C)C)[O]C(=O)C(F)(F)F. The minimum atomic E-state index is -4.86. The summed E-state index contributed by atoms with van der Waals surface area (Å²) >= 11 is -2.08. The zero-order valence-corrected chi connectivity index (χ0v) is 11.3. The van der Waals surface area contributed by atoms with E-state index in [1.165, 1.54) is 0 Å². The van der Waals surface area contributed by atoms with Crippen LogP contribution in [-0.2, 0) is 8.58 Å². The average molecular weight is 254 g/mol. The molecule has 0 saturated heterocycles. The molecule has 0 aliphatic heterocycles. The van der Waals surface area contributed by atoms with Crippen LogP contribution in [-0.4, -0.2) is 26.6 Å². The molecule has 0 atom stereocenters. The Hall–Kier alpha value is -0.208. The molecule has 0 rings (SSSR count). The lowest BCUT2D eigenvalue weighted by Gasteiger charge is -2.17. The molecule has 0 aliphatic carbocycles. The molecule has 0 heterocycles. The zero-order chi connectivity index (χ0) is 12.9. The smallest absolute Gasteiger partial charge is 0.549 e. The van der Waals surface area contributed by atoms with Crippen LogP contribution in [0, 0.1) is 11.8 Å². The molecule has 0 unspecified atom stereocenters. The number of hydrogen-bond acceptors (Lipinski definition) is 2. The molecule has 0 amide bonds. The molecule has 0 N–H and O–H groups in total. The van der Waals surface area contributed by atoms with E-state index in [-0.39, 0.29) is 11.8 Å². The normalized spacial score (nSPS) is 12.1. The van der Waals surface area contributed by atoms with Gasteiger partial charge in [-0.1, -0.05) is 50.1 Å². The van der Waals surface area contributed by atoms with Gasteiger partial charge in [0.1, 0.15) is 0 Å². The Balaban J connectivity index is 4.36. The van der Waals surface area contributed by atoms with Crippen molar-refractivity contribution >= 4 is 20.5 Å². The van der Waals surface area contributed by atoms with Crippen LogP contribution in [0.15, 0.2) is 0 Å². The molecule has 0 spiro atoms. The Kier molecular flexibility index (Phi) is 6.42. The van der Waals surface area contributed by atoms with Crippen LogP contribution in [0.2, 0.25) is 10.6 Å². The third-order valence-electron chi connectivity index (χ3n) is 1.97. The van der Waals surface area contributed by atoms with Crippen molar-refractivity contribution in [1.82, 2.24) is 0 Å². The second-order valence-electron chi connectivity index (χ2n) is 4.78. The molecule has 94 valence electrons. The van der Waals surface area contributed by atoms with Gasteiger partial charge in [-0.3, -0.25) is 0 Å². The van der Waals surface area contributed by atoms with Gasteiger partial charge in [-0.2, -0.15) is 13.2 Å². The van der Waals surface area contributed by atoms with Crippen molar-refractivity contribution in [2.75, 3.05) is 0 Å². The highest BCUT2D eigenvalue weighted by Gasteiger charge is 2.43. The van der Waals surface area contributed by atoms with Crippen molar-refractivity contribution in [2.24, 2.45) is 11.8 Å². The monoisotopic (exact) mass is 254 g/mol. The van der Waals surface area contributed by atoms with Crippen molar-refractivity contribution < 1.29 is 21.8 Å². The molecule has 0 aromatic rings. The van der Waals surface area contributed by atoms with Gasteiger partial charge in [-0.15, -0.1) is 0 Å². The summed E-state index contributed by atoms with van der Waals surface area (Å²) in [5.41, 5.74) is 0. The summed E-state index contributed by atoms with van der Waals surface area (Å²) in [6, 6.07) is 0. The van der Waals surface area contributed by atoms with Crippen molar-refractivity contribution in [1.29, 1.82) is 0 Å². The maximum Gasteiger partial charge on any atom is 0.549 e. The van der Waals surface area contributed by atoms with Gasteiger partial charge < -0.3 is 3.79 Å². The van der Waals surface area contributed by atoms with E-state index < -0.39 is 26.6 Å². The van der Waals surface area contributed by atoms with E-state index in [4.69, 9.17) is 0 Å². The molecule has 0 fully saturated rings. The lowest BCUT2D eigenvalue weighted by Crippen LogP contribution is -2.33. The van der Waals surface area contributed by atoms with E-state index in [0.29, 0.717) is 10.6 Å². The summed E-state index contributed by atoms with van der Waals surface area (Å²) in [6.07, 6.45) is -4.86. The molecule has 0 aromatic heterocycles. The second kappa shape index (κ2) is 6.51. The second-order valence-corrected chi connectivity index (χ2v) is 7.21. The van der Waals surface area contributed by atoms with Gasteiger partial charge >= 0.3 is 26.6 Å². The van der Waals surface area contributed by atoms with E-state index in [1.807, 2.05) is 27.7 Å². The molecule has 6 heteroatoms. The van der Waals surface area contributed by atoms with E-state index in [1.54, 1.807) is 0 Å². The molecule has 16 heavy (non-hydrogen) atoms. The van der Waals surface area contributed by atoms with Gasteiger partial charge in [-0.25, -0.2) is 4.79 Å². The number of hydrogen-bond donors (Lipinski definition) is 0. The van der Waals surface area contributed by atoms with Crippen LogP contribution in [0.1, 0.15) is 27.7 Å². The van der Waals surface area contributed by atoms with Gasteiger partial charge in [0.2, 0.25) is 0 Å². The Bertz CT molecular complexity index is 217. The van der Waals surface area contributed by atoms with Gasteiger partial charge in [0.25, 0.3) is 0 Å². The summed E-state index contributed by atoms with van der Waals surface area (Å²) in [6.45, 7) is 7.67. The van der Waals surface area contributed by atoms with Crippen LogP contribution in [0.25, 0.3) is 0 Å². The van der Waals surface area contributed by atoms with Crippen LogP contribution in [0.3, 0.4) is 0 Å². The molecular weight excluding hydrogens is 236 g/mol. The number of carbonyl (C=O) groups is 1. The van der Waals surface area contributed by atoms with Gasteiger partial charge in [0.05, 0.1) is 0 Å². The Morgan fingerprint density at radius 3 is 1.75 bits per heavy atom. The summed E-state index contributed by atoms with van der Waals surface area (Å²) in [5.74, 6) is -1.50. The number of rotatable bonds is 5. The number of halogens is 3. The first-order valence-corrected chi connectivity index (χ1v) is 7.51. The largest absolute Gasteiger partial charge is 0.609 e. The fourth-order valence-electron chi connectivity index (χ4n) is 1.46. The first-order chi connectivity index (χ1) is 7.12. The van der Waals surface area contributed by atoms with Gasteiger partial charge in [0, 0.05) is 0 Å². The highest BCUT2D eigenvalue weighted by atomic mass is 27.2. The first kappa shape index (κ1) is 15.8. The minimum Gasteiger partial charge on any atom is -0.609 e. The quantitative estimate of drug-likeness (QED) is 0.703. The standard InChI is InChI=1S/2C4H9.C2HF3O2.Al/c2*1-4(2)3;3-2(4,5)1(6)7;/h2*4H,1H2,2-3H3;(H,6,7);/q;;;+1/p-1. The Labute approximate surface area is 98.9 Å². The molecular formula is C10H18AlF3O2. The summed E-state index contributed by atoms with van der Waals surface area (Å²) in [5, 5.41) is 1.19. The van der Waals surface area contributed by atoms with Crippen molar-refractivity contribution in [2.45, 2.75) is 44.4 Å². The van der Waals surface area contributed by atoms with Crippen molar-refractivity contribution in [3.63, 3.8) is 0 Å². The highest BCUT2D eigenvalue weighted by Crippen LogP contribution is 2.21. The van der Waals surface area contributed by atoms with E-state index in [0.717, 1.165) is 0 Å². The predicted octanol–water partition coefficient (Wildman–Crippen LogP) is 3.40. The maximum atomic E-state index is 12.0. The fraction of sp³-hybridized carbons (Fsp3) is 0.900. The van der Waals surface area contributed by atoms with E-state index in [9.17, 15) is 18.0 Å². The van der Waals surface area contributed by atoms with E-state index in [2.05, 4.69) is 3.79 Å². The van der Waals surface area contributed by atoms with Gasteiger partial charge in [0.15, 0.2) is 0 Å². The summed E-state index contributed by atoms with van der Waals surface area (Å²) < 4.78 is 40.7. The predicted molar refractivity (Wildman–Crippen MR) is 57.2 cm³/mol. The Morgan fingerprint density at radius 2 is 1.50 bits per heavy atom. The molecule has 0 radical (unpaired) electrons. The third kappa shape index (κ3) is 7.13. The summed E-state index contributed by atoms with van der Waals surface area (Å²) in [7, 11) is 0. The van der Waals surface area contributed by atoms with Crippen LogP contribution < -0.4 is 0 Å². The maximum absolute atomic E-state index is 12.0. The molecule has 2 nitrogen and oxygen atoms in total. The molecule has 0 bridgehead atoms. The first-order valence-electron chi connectivity index (χ1n) is 5.40. The van der Waals surface area contributed by atoms with E-state index >= 15 is 0 Å². The van der Waals surface area contributed by atoms with Gasteiger partial charge in [-0.05, 0) is 0 Å². The molecule has 0 aromatic carbocycles. The average Bonchev–Trinajstić information content (AvgIpc) is 1.98. The fourth-order valence-corrected chi connectivity index (χ4v) is 4.39. The topological polar surface area (TPSA) is 26.3 Å². The number of alkyl halides is 3. The van der Waals surface area contributed by atoms with Crippen LogP contribution in [0.4, 0.5) is 13.2 Å². The number of carbonyl (C=O) groups excluding carboxylic acids is 1. The molecule has 0 saturated carbocycles.